The summed E-state index contributed by atoms with van der Waals surface area (Å²) in [7, 11) is 0. The third kappa shape index (κ3) is 6.27. The van der Waals surface area contributed by atoms with E-state index in [-0.39, 0.29) is 5.91 Å². The molecular weight excluding hydrogens is 414 g/mol. The first kappa shape index (κ1) is 21.8. The highest BCUT2D eigenvalue weighted by Gasteiger charge is 2.08. The molecule has 4 aromatic rings. The third-order valence-electron chi connectivity index (χ3n) is 4.99. The van der Waals surface area contributed by atoms with Gasteiger partial charge in [-0.25, -0.2) is 9.97 Å². The van der Waals surface area contributed by atoms with E-state index in [1.54, 1.807) is 24.3 Å². The van der Waals surface area contributed by atoms with E-state index in [9.17, 15) is 4.79 Å². The van der Waals surface area contributed by atoms with Crippen LogP contribution in [0.25, 0.3) is 0 Å². The zero-order chi connectivity index (χ0) is 22.9. The van der Waals surface area contributed by atoms with Crippen molar-refractivity contribution >= 4 is 29.2 Å². The van der Waals surface area contributed by atoms with Crippen LogP contribution >= 0.6 is 0 Å². The molecule has 0 saturated heterocycles. The van der Waals surface area contributed by atoms with E-state index in [2.05, 4.69) is 43.0 Å². The number of benzene rings is 3. The maximum Gasteiger partial charge on any atom is 0.255 e. The van der Waals surface area contributed by atoms with Gasteiger partial charge in [-0.1, -0.05) is 54.6 Å². The Hall–Kier alpha value is -4.46. The summed E-state index contributed by atoms with van der Waals surface area (Å²) in [5.74, 6) is 0.792. The summed E-state index contributed by atoms with van der Waals surface area (Å²) in [6, 6.07) is 24.7. The Labute approximate surface area is 192 Å². The van der Waals surface area contributed by atoms with Crippen molar-refractivity contribution in [1.82, 2.24) is 15.0 Å². The first-order valence-corrected chi connectivity index (χ1v) is 10.6. The molecule has 0 fully saturated rings. The number of nitrogen functional groups attached to an aromatic ring is 1. The fourth-order valence-corrected chi connectivity index (χ4v) is 3.19. The van der Waals surface area contributed by atoms with Gasteiger partial charge in [0.2, 0.25) is 11.9 Å². The average Bonchev–Trinajstić information content (AvgIpc) is 2.85. The monoisotopic (exact) mass is 439 g/mol. The van der Waals surface area contributed by atoms with Gasteiger partial charge in [-0.3, -0.25) is 4.79 Å². The van der Waals surface area contributed by atoms with Crippen molar-refractivity contribution in [3.8, 4) is 0 Å². The van der Waals surface area contributed by atoms with E-state index in [1.165, 1.54) is 11.9 Å². The van der Waals surface area contributed by atoms with Crippen LogP contribution in [-0.4, -0.2) is 27.4 Å². The number of nitrogens with zero attached hydrogens (tertiary/aromatic N) is 3. The maximum atomic E-state index is 12.5. The van der Waals surface area contributed by atoms with Crippen molar-refractivity contribution in [2.75, 3.05) is 28.2 Å². The van der Waals surface area contributed by atoms with Gasteiger partial charge in [0.05, 0.1) is 11.4 Å². The molecule has 166 valence electrons. The Balaban J connectivity index is 1.28. The molecule has 0 radical (unpaired) electrons. The van der Waals surface area contributed by atoms with E-state index in [0.717, 1.165) is 18.5 Å². The summed E-state index contributed by atoms with van der Waals surface area (Å²) in [5, 5.41) is 9.23. The normalized spacial score (nSPS) is 10.4. The molecule has 0 aliphatic heterocycles. The van der Waals surface area contributed by atoms with Crippen molar-refractivity contribution < 1.29 is 4.79 Å². The van der Waals surface area contributed by atoms with Crippen molar-refractivity contribution in [3.63, 3.8) is 0 Å². The summed E-state index contributed by atoms with van der Waals surface area (Å²) in [5.41, 5.74) is 9.80. The second-order valence-corrected chi connectivity index (χ2v) is 7.39. The van der Waals surface area contributed by atoms with E-state index < -0.39 is 0 Å². The van der Waals surface area contributed by atoms with E-state index in [0.29, 0.717) is 35.4 Å². The summed E-state index contributed by atoms with van der Waals surface area (Å²) >= 11 is 0. The first-order valence-electron chi connectivity index (χ1n) is 10.6. The Kier molecular flexibility index (Phi) is 7.07. The minimum absolute atomic E-state index is 0.212. The zero-order valence-corrected chi connectivity index (χ0v) is 18.0. The van der Waals surface area contributed by atoms with Crippen LogP contribution in [0.1, 0.15) is 21.5 Å². The topological polar surface area (TPSA) is 118 Å². The van der Waals surface area contributed by atoms with Gasteiger partial charge in [-0.15, -0.1) is 0 Å². The van der Waals surface area contributed by atoms with Crippen LogP contribution in [0.3, 0.4) is 0 Å². The van der Waals surface area contributed by atoms with Crippen LogP contribution < -0.4 is 21.7 Å². The lowest BCUT2D eigenvalue weighted by Gasteiger charge is -2.09. The largest absolute Gasteiger partial charge is 0.397 e. The highest BCUT2D eigenvalue weighted by molar-refractivity contribution is 6.05. The van der Waals surface area contributed by atoms with Gasteiger partial charge in [0, 0.05) is 18.7 Å². The Morgan fingerprint density at radius 3 is 2.24 bits per heavy atom. The van der Waals surface area contributed by atoms with E-state index >= 15 is 0 Å². The number of para-hydroxylation sites is 2. The number of hydrogen-bond acceptors (Lipinski definition) is 7. The fourth-order valence-electron chi connectivity index (χ4n) is 3.19. The summed E-state index contributed by atoms with van der Waals surface area (Å²) in [4.78, 5) is 25.2. The lowest BCUT2D eigenvalue weighted by molar-refractivity contribution is 0.102. The molecule has 1 amide bonds. The minimum atomic E-state index is -0.212. The lowest BCUT2D eigenvalue weighted by Crippen LogP contribution is -2.13. The van der Waals surface area contributed by atoms with Gasteiger partial charge in [-0.2, -0.15) is 4.98 Å². The first-order chi connectivity index (χ1) is 16.2. The van der Waals surface area contributed by atoms with Crippen LogP contribution in [0, 0.1) is 0 Å². The highest BCUT2D eigenvalue weighted by Crippen LogP contribution is 2.18. The highest BCUT2D eigenvalue weighted by atomic mass is 16.1. The van der Waals surface area contributed by atoms with Gasteiger partial charge in [-0.05, 0) is 41.8 Å². The van der Waals surface area contributed by atoms with Crippen molar-refractivity contribution in [2.24, 2.45) is 0 Å². The predicted molar refractivity (Wildman–Crippen MR) is 131 cm³/mol. The second kappa shape index (κ2) is 10.7. The molecule has 0 aliphatic carbocycles. The molecule has 0 unspecified atom stereocenters. The molecule has 1 aromatic heterocycles. The molecule has 33 heavy (non-hydrogen) atoms. The number of rotatable bonds is 9. The van der Waals surface area contributed by atoms with Crippen molar-refractivity contribution in [2.45, 2.75) is 13.0 Å². The Bertz CT molecular complexity index is 1200. The number of hydrogen-bond donors (Lipinski definition) is 4. The minimum Gasteiger partial charge on any atom is -0.397 e. The average molecular weight is 440 g/mol. The molecule has 4 rings (SSSR count). The SMILES string of the molecule is Nc1ccccc1NC(=O)c1ccc(CNc2ncnc(NCCc3ccccc3)n2)cc1. The van der Waals surface area contributed by atoms with Gasteiger partial charge < -0.3 is 21.7 Å². The molecule has 8 nitrogen and oxygen atoms in total. The summed E-state index contributed by atoms with van der Waals surface area (Å²) < 4.78 is 0. The number of nitrogens with one attached hydrogen (secondary N) is 3. The van der Waals surface area contributed by atoms with Crippen molar-refractivity contribution in [1.29, 1.82) is 0 Å². The van der Waals surface area contributed by atoms with Crippen LogP contribution in [0.4, 0.5) is 23.3 Å². The molecule has 0 bridgehead atoms. The fraction of sp³-hybridized carbons (Fsp3) is 0.120. The molecule has 1 heterocycles. The molecular formula is C25H25N7O. The van der Waals surface area contributed by atoms with Crippen LogP contribution in [0.15, 0.2) is 85.2 Å². The van der Waals surface area contributed by atoms with Gasteiger partial charge in [0.15, 0.2) is 0 Å². The Morgan fingerprint density at radius 1 is 0.788 bits per heavy atom. The molecule has 0 saturated carbocycles. The van der Waals surface area contributed by atoms with E-state index in [4.69, 9.17) is 5.73 Å². The van der Waals surface area contributed by atoms with Gasteiger partial charge in [0.25, 0.3) is 5.91 Å². The van der Waals surface area contributed by atoms with E-state index in [1.807, 2.05) is 42.5 Å². The van der Waals surface area contributed by atoms with Crippen LogP contribution in [-0.2, 0) is 13.0 Å². The molecule has 0 aliphatic rings. The third-order valence-corrected chi connectivity index (χ3v) is 4.99. The maximum absolute atomic E-state index is 12.5. The molecule has 0 spiro atoms. The molecule has 3 aromatic carbocycles. The molecule has 5 N–H and O–H groups in total. The van der Waals surface area contributed by atoms with Gasteiger partial charge >= 0.3 is 0 Å². The number of amides is 1. The molecule has 8 heteroatoms. The quantitative estimate of drug-likeness (QED) is 0.291. The Morgan fingerprint density at radius 2 is 1.48 bits per heavy atom. The number of carbonyl (C=O) groups is 1. The van der Waals surface area contributed by atoms with Gasteiger partial charge in [0.1, 0.15) is 6.33 Å². The van der Waals surface area contributed by atoms with Crippen LogP contribution in [0.5, 0.6) is 0 Å². The summed E-state index contributed by atoms with van der Waals surface area (Å²) in [6.45, 7) is 1.24. The zero-order valence-electron chi connectivity index (χ0n) is 18.0. The summed E-state index contributed by atoms with van der Waals surface area (Å²) in [6.07, 6.45) is 2.36. The smallest absolute Gasteiger partial charge is 0.255 e. The number of nitrogens with two attached hydrogens (primary N) is 1. The number of anilines is 4. The lowest BCUT2D eigenvalue weighted by atomic mass is 10.1. The number of aromatic nitrogens is 3. The van der Waals surface area contributed by atoms with Crippen LogP contribution in [0.2, 0.25) is 0 Å². The second-order valence-electron chi connectivity index (χ2n) is 7.39. The molecule has 0 atom stereocenters. The predicted octanol–water partition coefficient (Wildman–Crippen LogP) is 3.97. The van der Waals surface area contributed by atoms with Crippen molar-refractivity contribution in [3.05, 3.63) is 102 Å². The standard InChI is InChI=1S/C25H25N7O/c26-21-8-4-5-9-22(21)31-23(33)20-12-10-19(11-13-20)16-28-25-30-17-29-24(32-25)27-15-14-18-6-2-1-3-7-18/h1-13,17H,14-16,26H2,(H,31,33)(H2,27,28,29,30,32). The number of carbonyl (C=O) groups excluding carboxylic acids is 1.